The number of ether oxygens (including phenoxy) is 1. The number of benzene rings is 1. The van der Waals surface area contributed by atoms with Crippen molar-refractivity contribution in [2.24, 2.45) is 0 Å². The number of nitrogens with zero attached hydrogens (tertiary/aromatic N) is 3. The summed E-state index contributed by atoms with van der Waals surface area (Å²) >= 11 is 0. The summed E-state index contributed by atoms with van der Waals surface area (Å²) in [4.78, 5) is 22.9. The molecule has 8 heteroatoms. The van der Waals surface area contributed by atoms with Crippen LogP contribution in [0.15, 0.2) is 48.9 Å². The summed E-state index contributed by atoms with van der Waals surface area (Å²) in [5.74, 6) is 0.838. The van der Waals surface area contributed by atoms with E-state index in [0.717, 1.165) is 0 Å². The summed E-state index contributed by atoms with van der Waals surface area (Å²) in [5.41, 5.74) is 6.38. The summed E-state index contributed by atoms with van der Waals surface area (Å²) in [7, 11) is 0. The van der Waals surface area contributed by atoms with Gasteiger partial charge in [0, 0.05) is 6.07 Å². The number of hydrogen-bond donors (Lipinski definition) is 2. The molecule has 120 valence electrons. The highest BCUT2D eigenvalue weighted by Crippen LogP contribution is 2.23. The zero-order valence-electron chi connectivity index (χ0n) is 12.3. The molecule has 0 unspecified atom stereocenters. The first kappa shape index (κ1) is 15.3. The first-order chi connectivity index (χ1) is 11.7. The minimum absolute atomic E-state index is 0.0896. The Kier molecular flexibility index (Phi) is 4.28. The Morgan fingerprint density at radius 1 is 1.08 bits per heavy atom. The van der Waals surface area contributed by atoms with Crippen LogP contribution in [0, 0.1) is 5.82 Å². The number of nitrogen functional groups attached to an aromatic ring is 1. The molecule has 0 aliphatic heterocycles. The Morgan fingerprint density at radius 3 is 2.54 bits per heavy atom. The zero-order valence-corrected chi connectivity index (χ0v) is 12.3. The molecule has 1 aromatic carbocycles. The second-order valence-corrected chi connectivity index (χ2v) is 4.71. The minimum atomic E-state index is -0.343. The van der Waals surface area contributed by atoms with E-state index in [-0.39, 0.29) is 23.0 Å². The Balaban J connectivity index is 1.74. The van der Waals surface area contributed by atoms with Crippen molar-refractivity contribution in [3.05, 3.63) is 60.3 Å². The van der Waals surface area contributed by atoms with E-state index in [1.807, 2.05) is 0 Å². The van der Waals surface area contributed by atoms with Crippen LogP contribution >= 0.6 is 0 Å². The molecule has 3 N–H and O–H groups in total. The highest BCUT2D eigenvalue weighted by atomic mass is 19.1. The number of aldehydes is 1. The number of aromatic nitrogens is 3. The third-order valence-corrected chi connectivity index (χ3v) is 3.07. The van der Waals surface area contributed by atoms with Gasteiger partial charge in [-0.3, -0.25) is 4.79 Å². The normalized spacial score (nSPS) is 10.2. The minimum Gasteiger partial charge on any atom is -0.439 e. The molecule has 0 atom stereocenters. The average molecular weight is 325 g/mol. The maximum absolute atomic E-state index is 12.9. The van der Waals surface area contributed by atoms with Crippen LogP contribution in [0.3, 0.4) is 0 Å². The number of carbonyl (C=O) groups is 1. The molecule has 0 amide bonds. The molecule has 0 saturated carbocycles. The van der Waals surface area contributed by atoms with Gasteiger partial charge >= 0.3 is 0 Å². The van der Waals surface area contributed by atoms with Gasteiger partial charge in [-0.25, -0.2) is 19.3 Å². The average Bonchev–Trinajstić information content (AvgIpc) is 2.59. The largest absolute Gasteiger partial charge is 0.439 e. The van der Waals surface area contributed by atoms with Gasteiger partial charge < -0.3 is 15.8 Å². The van der Waals surface area contributed by atoms with Crippen LogP contribution in [-0.4, -0.2) is 21.2 Å². The first-order valence-corrected chi connectivity index (χ1v) is 6.88. The molecule has 0 saturated heterocycles. The molecule has 3 aromatic rings. The number of carbonyl (C=O) groups excluding carboxylic acids is 1. The standard InChI is InChI=1S/C16H12FN5O2/c17-10-1-4-12(5-2-10)24-14-6-3-11(7-19-14)22-16-13(8-23)15(18)20-9-21-16/h1-9H,(H3,18,20,21,22). The topological polar surface area (TPSA) is 103 Å². The van der Waals surface area contributed by atoms with E-state index in [0.29, 0.717) is 23.6 Å². The van der Waals surface area contributed by atoms with Crippen LogP contribution in [0.1, 0.15) is 10.4 Å². The van der Waals surface area contributed by atoms with Crippen LogP contribution in [0.25, 0.3) is 0 Å². The third-order valence-electron chi connectivity index (χ3n) is 3.07. The summed E-state index contributed by atoms with van der Waals surface area (Å²) in [6.45, 7) is 0. The Morgan fingerprint density at radius 2 is 1.88 bits per heavy atom. The van der Waals surface area contributed by atoms with E-state index in [1.165, 1.54) is 36.8 Å². The molecule has 2 aromatic heterocycles. The van der Waals surface area contributed by atoms with Crippen molar-refractivity contribution < 1.29 is 13.9 Å². The quantitative estimate of drug-likeness (QED) is 0.695. The predicted octanol–water partition coefficient (Wildman–Crippen LogP) is 2.94. The van der Waals surface area contributed by atoms with E-state index in [4.69, 9.17) is 10.5 Å². The van der Waals surface area contributed by atoms with Crippen molar-refractivity contribution in [3.8, 4) is 11.6 Å². The van der Waals surface area contributed by atoms with Gasteiger partial charge in [0.1, 0.15) is 29.5 Å². The van der Waals surface area contributed by atoms with E-state index in [2.05, 4.69) is 20.3 Å². The zero-order chi connectivity index (χ0) is 16.9. The first-order valence-electron chi connectivity index (χ1n) is 6.88. The molecule has 0 aliphatic rings. The molecule has 0 radical (unpaired) electrons. The number of halogens is 1. The number of anilines is 3. The molecular weight excluding hydrogens is 313 g/mol. The Bertz CT molecular complexity index is 853. The van der Waals surface area contributed by atoms with E-state index < -0.39 is 0 Å². The predicted molar refractivity (Wildman–Crippen MR) is 85.8 cm³/mol. The number of rotatable bonds is 5. The fourth-order valence-electron chi connectivity index (χ4n) is 1.90. The maximum atomic E-state index is 12.9. The van der Waals surface area contributed by atoms with Crippen LogP contribution in [0.2, 0.25) is 0 Å². The highest BCUT2D eigenvalue weighted by molar-refractivity contribution is 5.89. The number of hydrogen-bond acceptors (Lipinski definition) is 7. The fraction of sp³-hybridized carbons (Fsp3) is 0. The van der Waals surface area contributed by atoms with Crippen molar-refractivity contribution in [2.75, 3.05) is 11.1 Å². The highest BCUT2D eigenvalue weighted by Gasteiger charge is 2.09. The van der Waals surface area contributed by atoms with Crippen molar-refractivity contribution in [1.82, 2.24) is 15.0 Å². The molecule has 0 spiro atoms. The van der Waals surface area contributed by atoms with Crippen LogP contribution in [-0.2, 0) is 0 Å². The second kappa shape index (κ2) is 6.69. The van der Waals surface area contributed by atoms with Crippen molar-refractivity contribution in [3.63, 3.8) is 0 Å². The van der Waals surface area contributed by atoms with Gasteiger partial charge in [0.05, 0.1) is 17.4 Å². The molecule has 24 heavy (non-hydrogen) atoms. The van der Waals surface area contributed by atoms with Crippen molar-refractivity contribution >= 4 is 23.6 Å². The van der Waals surface area contributed by atoms with E-state index >= 15 is 0 Å². The monoisotopic (exact) mass is 325 g/mol. The van der Waals surface area contributed by atoms with Gasteiger partial charge in [-0.2, -0.15) is 0 Å². The fourth-order valence-corrected chi connectivity index (χ4v) is 1.90. The van der Waals surface area contributed by atoms with Crippen molar-refractivity contribution in [1.29, 1.82) is 0 Å². The maximum Gasteiger partial charge on any atom is 0.219 e. The number of nitrogens with one attached hydrogen (secondary N) is 1. The summed E-state index contributed by atoms with van der Waals surface area (Å²) in [6, 6.07) is 8.92. The molecule has 2 heterocycles. The Hall–Kier alpha value is -3.55. The molecule has 0 bridgehead atoms. The molecule has 3 rings (SSSR count). The molecule has 7 nitrogen and oxygen atoms in total. The van der Waals surface area contributed by atoms with E-state index in [1.54, 1.807) is 12.1 Å². The van der Waals surface area contributed by atoms with Crippen molar-refractivity contribution in [2.45, 2.75) is 0 Å². The lowest BCUT2D eigenvalue weighted by Gasteiger charge is -2.09. The van der Waals surface area contributed by atoms with Crippen LogP contribution < -0.4 is 15.8 Å². The van der Waals surface area contributed by atoms with Gasteiger partial charge in [0.25, 0.3) is 0 Å². The Labute approximate surface area is 136 Å². The van der Waals surface area contributed by atoms with Gasteiger partial charge in [-0.15, -0.1) is 0 Å². The SMILES string of the molecule is Nc1ncnc(Nc2ccc(Oc3ccc(F)cc3)nc2)c1C=O. The van der Waals surface area contributed by atoms with Gasteiger partial charge in [-0.1, -0.05) is 0 Å². The lowest BCUT2D eigenvalue weighted by atomic mass is 10.3. The molecule has 0 aliphatic carbocycles. The lowest BCUT2D eigenvalue weighted by Crippen LogP contribution is -2.04. The van der Waals surface area contributed by atoms with Gasteiger partial charge in [-0.05, 0) is 30.3 Å². The van der Waals surface area contributed by atoms with Gasteiger partial charge in [0.2, 0.25) is 5.88 Å². The van der Waals surface area contributed by atoms with E-state index in [9.17, 15) is 9.18 Å². The molecule has 0 fully saturated rings. The summed E-state index contributed by atoms with van der Waals surface area (Å²) in [6.07, 6.45) is 3.34. The third kappa shape index (κ3) is 3.43. The van der Waals surface area contributed by atoms with Crippen LogP contribution in [0.5, 0.6) is 11.6 Å². The summed E-state index contributed by atoms with van der Waals surface area (Å²) < 4.78 is 18.3. The smallest absolute Gasteiger partial charge is 0.219 e. The lowest BCUT2D eigenvalue weighted by molar-refractivity contribution is 0.112. The van der Waals surface area contributed by atoms with Gasteiger partial charge in [0.15, 0.2) is 6.29 Å². The van der Waals surface area contributed by atoms with Crippen LogP contribution in [0.4, 0.5) is 21.7 Å². The number of nitrogens with two attached hydrogens (primary N) is 1. The number of pyridine rings is 1. The summed E-state index contributed by atoms with van der Waals surface area (Å²) in [5, 5.41) is 2.93. The second-order valence-electron chi connectivity index (χ2n) is 4.71. The molecular formula is C16H12FN5O2.